The zero-order valence-corrected chi connectivity index (χ0v) is 25.8. The molecule has 0 aliphatic carbocycles. The second kappa shape index (κ2) is 11.3. The predicted molar refractivity (Wildman–Crippen MR) is 162 cm³/mol. The molecule has 0 spiro atoms. The largest absolute Gasteiger partial charge is 0.506 e. The molecule has 0 saturated heterocycles. The van der Waals surface area contributed by atoms with E-state index in [1.165, 1.54) is 22.9 Å². The van der Waals surface area contributed by atoms with Crippen LogP contribution in [0.5, 0.6) is 11.5 Å². The highest BCUT2D eigenvalue weighted by atomic mass is 32.2. The van der Waals surface area contributed by atoms with Gasteiger partial charge in [-0.2, -0.15) is 0 Å². The topological polar surface area (TPSA) is 40.5 Å². The first kappa shape index (κ1) is 31.1. The Balaban J connectivity index is 2.70. The van der Waals surface area contributed by atoms with Crippen molar-refractivity contribution in [2.75, 3.05) is 0 Å². The third-order valence-corrected chi connectivity index (χ3v) is 7.83. The molecule has 0 fully saturated rings. The minimum Gasteiger partial charge on any atom is -0.506 e. The first-order valence-electron chi connectivity index (χ1n) is 13.4. The van der Waals surface area contributed by atoms with Crippen LogP contribution in [0.25, 0.3) is 0 Å². The van der Waals surface area contributed by atoms with Crippen LogP contribution in [0.15, 0.2) is 59.4 Å². The van der Waals surface area contributed by atoms with Crippen molar-refractivity contribution in [2.24, 2.45) is 10.8 Å². The van der Waals surface area contributed by atoms with Gasteiger partial charge >= 0.3 is 0 Å². The Morgan fingerprint density at radius 3 is 1.22 bits per heavy atom. The van der Waals surface area contributed by atoms with E-state index in [0.717, 1.165) is 33.8 Å². The molecule has 0 amide bonds. The first-order chi connectivity index (χ1) is 16.8. The lowest BCUT2D eigenvalue weighted by Gasteiger charge is -2.34. The molecule has 2 N–H and O–H groups in total. The smallest absolute Gasteiger partial charge is 0.133 e. The van der Waals surface area contributed by atoms with E-state index in [4.69, 9.17) is 0 Å². The van der Waals surface area contributed by atoms with Crippen LogP contribution in [-0.4, -0.2) is 10.2 Å². The number of aromatic hydroxyl groups is 2. The van der Waals surface area contributed by atoms with Gasteiger partial charge in [0.1, 0.15) is 11.5 Å². The number of benzene rings is 2. The molecule has 2 rings (SSSR count). The summed E-state index contributed by atoms with van der Waals surface area (Å²) in [4.78, 5) is 1.53. The van der Waals surface area contributed by atoms with E-state index in [0.29, 0.717) is 12.8 Å². The van der Waals surface area contributed by atoms with Crippen molar-refractivity contribution in [3.63, 3.8) is 0 Å². The van der Waals surface area contributed by atoms with Crippen LogP contribution in [0.3, 0.4) is 0 Å². The van der Waals surface area contributed by atoms with Crippen molar-refractivity contribution in [3.05, 3.63) is 71.8 Å². The lowest BCUT2D eigenvalue weighted by molar-refractivity contribution is 0.283. The SMILES string of the molecule is C=CCc1cc(C(C)(C)CC(C)(C)C)cc(Sc2cc(C(C)(C)CC(C)(C)C)cc(CC=C)c2O)c1O. The maximum absolute atomic E-state index is 11.3. The molecule has 204 valence electrons. The molecule has 0 heterocycles. The number of hydrogen-bond donors (Lipinski definition) is 2. The molecule has 2 aromatic carbocycles. The van der Waals surface area contributed by atoms with E-state index in [1.54, 1.807) is 0 Å². The number of phenolic OH excluding ortho intramolecular Hbond substituents is 2. The van der Waals surface area contributed by atoms with Gasteiger partial charge in [-0.15, -0.1) is 13.2 Å². The highest BCUT2D eigenvalue weighted by Crippen LogP contribution is 2.47. The van der Waals surface area contributed by atoms with Crippen LogP contribution < -0.4 is 0 Å². The maximum Gasteiger partial charge on any atom is 0.133 e. The van der Waals surface area contributed by atoms with Crippen LogP contribution in [0.1, 0.15) is 104 Å². The van der Waals surface area contributed by atoms with E-state index in [9.17, 15) is 10.2 Å². The molecule has 2 aromatic rings. The minimum absolute atomic E-state index is 0.0796. The second-order valence-corrected chi connectivity index (χ2v) is 15.4. The number of rotatable bonds is 10. The zero-order valence-electron chi connectivity index (χ0n) is 25.0. The van der Waals surface area contributed by atoms with Gasteiger partial charge in [-0.3, -0.25) is 0 Å². The van der Waals surface area contributed by atoms with Crippen LogP contribution in [-0.2, 0) is 23.7 Å². The summed E-state index contributed by atoms with van der Waals surface area (Å²) in [7, 11) is 0. The Hall–Kier alpha value is -2.13. The van der Waals surface area contributed by atoms with Crippen molar-refractivity contribution in [3.8, 4) is 11.5 Å². The number of allylic oxidation sites excluding steroid dienone is 2. The molecule has 0 radical (unpaired) electrons. The first-order valence-corrected chi connectivity index (χ1v) is 14.2. The lowest BCUT2D eigenvalue weighted by Crippen LogP contribution is -2.25. The quantitative estimate of drug-likeness (QED) is 0.305. The Bertz CT molecular complexity index is 1030. The van der Waals surface area contributed by atoms with Gasteiger partial charge in [0.05, 0.1) is 9.79 Å². The van der Waals surface area contributed by atoms with Gasteiger partial charge in [-0.05, 0) is 81.7 Å². The third-order valence-electron chi connectivity index (χ3n) is 6.76. The average Bonchev–Trinajstić information content (AvgIpc) is 2.70. The minimum atomic E-state index is -0.0796. The molecule has 37 heavy (non-hydrogen) atoms. The third kappa shape index (κ3) is 8.43. The van der Waals surface area contributed by atoms with E-state index in [-0.39, 0.29) is 33.2 Å². The predicted octanol–water partition coefficient (Wildman–Crippen LogP) is 10.1. The fraction of sp³-hybridized carbons (Fsp3) is 0.529. The molecule has 0 saturated carbocycles. The molecule has 2 nitrogen and oxygen atoms in total. The molecule has 0 unspecified atom stereocenters. The summed E-state index contributed by atoms with van der Waals surface area (Å²) in [5, 5.41) is 22.6. The van der Waals surface area contributed by atoms with Gasteiger partial charge in [0, 0.05) is 0 Å². The highest BCUT2D eigenvalue weighted by Gasteiger charge is 2.31. The summed E-state index contributed by atoms with van der Waals surface area (Å²) < 4.78 is 0. The van der Waals surface area contributed by atoms with Crippen LogP contribution >= 0.6 is 11.8 Å². The maximum atomic E-state index is 11.3. The summed E-state index contributed by atoms with van der Waals surface area (Å²) >= 11 is 1.45. The molecule has 3 heteroatoms. The fourth-order valence-corrected chi connectivity index (χ4v) is 6.93. The molecular formula is C34H50O2S. The van der Waals surface area contributed by atoms with E-state index >= 15 is 0 Å². The van der Waals surface area contributed by atoms with Crippen molar-refractivity contribution in [1.82, 2.24) is 0 Å². The molecule has 0 atom stereocenters. The van der Waals surface area contributed by atoms with Crippen LogP contribution in [0, 0.1) is 10.8 Å². The van der Waals surface area contributed by atoms with E-state index in [2.05, 4.69) is 107 Å². The van der Waals surface area contributed by atoms with E-state index < -0.39 is 0 Å². The Kier molecular flexibility index (Phi) is 9.51. The van der Waals surface area contributed by atoms with Gasteiger partial charge < -0.3 is 10.2 Å². The number of hydrogen-bond acceptors (Lipinski definition) is 3. The van der Waals surface area contributed by atoms with Gasteiger partial charge in [-0.25, -0.2) is 0 Å². The van der Waals surface area contributed by atoms with Crippen molar-refractivity contribution >= 4 is 11.8 Å². The van der Waals surface area contributed by atoms with Crippen LogP contribution in [0.4, 0.5) is 0 Å². The van der Waals surface area contributed by atoms with Crippen molar-refractivity contribution in [1.29, 1.82) is 0 Å². The van der Waals surface area contributed by atoms with Gasteiger partial charge in [-0.1, -0.05) is 105 Å². The van der Waals surface area contributed by atoms with Crippen molar-refractivity contribution < 1.29 is 10.2 Å². The summed E-state index contributed by atoms with van der Waals surface area (Å²) in [5.74, 6) is 0.536. The molecule has 0 aliphatic heterocycles. The fourth-order valence-electron chi connectivity index (χ4n) is 5.86. The standard InChI is InChI=1S/C34H50O2S/c1-13-15-23-17-25(33(9,10)21-31(3,4)5)19-27(29(23)35)37-28-20-26(18-24(16-14-2)30(28)36)34(11,12)22-32(6,7)8/h13-14,17-20,35-36H,1-2,15-16,21-22H2,3-12H3. The summed E-state index contributed by atoms with van der Waals surface area (Å²) in [6, 6.07) is 8.47. The molecule has 0 aliphatic rings. The Morgan fingerprint density at radius 2 is 0.946 bits per heavy atom. The lowest BCUT2D eigenvalue weighted by atomic mass is 9.72. The van der Waals surface area contributed by atoms with Gasteiger partial charge in [0.25, 0.3) is 0 Å². The number of phenols is 2. The summed E-state index contributed by atoms with van der Waals surface area (Å²) in [6.07, 6.45) is 6.86. The molecular weight excluding hydrogens is 472 g/mol. The average molecular weight is 523 g/mol. The van der Waals surface area contributed by atoms with Crippen LogP contribution in [0.2, 0.25) is 0 Å². The van der Waals surface area contributed by atoms with Gasteiger partial charge in [0.2, 0.25) is 0 Å². The Morgan fingerprint density at radius 1 is 0.622 bits per heavy atom. The normalized spacial score (nSPS) is 13.0. The zero-order chi connectivity index (χ0) is 28.4. The molecule has 0 bridgehead atoms. The van der Waals surface area contributed by atoms with Crippen molar-refractivity contribution in [2.45, 2.75) is 116 Å². The summed E-state index contributed by atoms with van der Waals surface area (Å²) in [5.41, 5.74) is 4.28. The van der Waals surface area contributed by atoms with E-state index in [1.807, 2.05) is 12.2 Å². The Labute approximate surface area is 231 Å². The summed E-state index contributed by atoms with van der Waals surface area (Å²) in [6.45, 7) is 30.5. The second-order valence-electron chi connectivity index (χ2n) is 14.3. The molecule has 0 aromatic heterocycles. The highest BCUT2D eigenvalue weighted by molar-refractivity contribution is 7.99. The van der Waals surface area contributed by atoms with Gasteiger partial charge in [0.15, 0.2) is 0 Å². The monoisotopic (exact) mass is 522 g/mol.